The van der Waals surface area contributed by atoms with Crippen LogP contribution in [-0.2, 0) is 11.2 Å². The zero-order valence-corrected chi connectivity index (χ0v) is 17.5. The number of anilines is 2. The van der Waals surface area contributed by atoms with Crippen LogP contribution < -0.4 is 4.90 Å². The zero-order chi connectivity index (χ0) is 21.8. The van der Waals surface area contributed by atoms with Crippen molar-refractivity contribution in [1.82, 2.24) is 4.98 Å². The number of fused-ring (bicyclic) bond motifs is 1. The van der Waals surface area contributed by atoms with Gasteiger partial charge in [-0.05, 0) is 58.7 Å². The lowest BCUT2D eigenvalue weighted by Crippen LogP contribution is -2.20. The van der Waals surface area contributed by atoms with Crippen molar-refractivity contribution >= 4 is 45.2 Å². The standard InChI is InChI=1S/C13H10N2O.C9H7BrO4/c16-13-9-11-12(7-4-8-14-11)15(13)10-5-2-1-3-6-10;1-4-2-3-5(8(11)12)7(10)6(4)9(13)14/h1-8H,9H2;2-3H,1H3,(H,11,12)(H,13,14). The van der Waals surface area contributed by atoms with Crippen LogP contribution in [0.1, 0.15) is 32.0 Å². The number of carbonyl (C=O) groups is 3. The number of halogens is 1. The van der Waals surface area contributed by atoms with Gasteiger partial charge in [-0.3, -0.25) is 14.7 Å². The Balaban J connectivity index is 0.000000173. The molecule has 1 amide bonds. The van der Waals surface area contributed by atoms with Crippen LogP contribution in [0.15, 0.2) is 65.3 Å². The molecule has 0 saturated carbocycles. The summed E-state index contributed by atoms with van der Waals surface area (Å²) >= 11 is 2.97. The predicted octanol–water partition coefficient (Wildman–Crippen LogP) is 4.46. The molecule has 1 aromatic heterocycles. The SMILES string of the molecule is Cc1ccc(C(=O)O)c(Br)c1C(=O)O.O=C1Cc2ncccc2N1c1ccccc1. The van der Waals surface area contributed by atoms with Crippen LogP contribution >= 0.6 is 15.9 Å². The van der Waals surface area contributed by atoms with Crippen molar-refractivity contribution in [2.75, 3.05) is 4.90 Å². The second-order valence-corrected chi connectivity index (χ2v) is 7.23. The van der Waals surface area contributed by atoms with Crippen molar-refractivity contribution in [3.63, 3.8) is 0 Å². The summed E-state index contributed by atoms with van der Waals surface area (Å²) in [6.07, 6.45) is 2.12. The highest BCUT2D eigenvalue weighted by atomic mass is 79.9. The Morgan fingerprint density at radius 2 is 1.70 bits per heavy atom. The Morgan fingerprint density at radius 3 is 2.33 bits per heavy atom. The lowest BCUT2D eigenvalue weighted by Gasteiger charge is -2.16. The number of aromatic carboxylic acids is 2. The van der Waals surface area contributed by atoms with Gasteiger partial charge >= 0.3 is 11.9 Å². The number of carbonyl (C=O) groups excluding carboxylic acids is 1. The van der Waals surface area contributed by atoms with E-state index < -0.39 is 11.9 Å². The molecule has 2 aromatic carbocycles. The van der Waals surface area contributed by atoms with Gasteiger partial charge in [0.2, 0.25) is 5.91 Å². The van der Waals surface area contributed by atoms with Crippen LogP contribution in [-0.4, -0.2) is 33.0 Å². The molecule has 8 heteroatoms. The fraction of sp³-hybridized carbons (Fsp3) is 0.0909. The van der Waals surface area contributed by atoms with Crippen LogP contribution in [0.25, 0.3) is 0 Å². The monoisotopic (exact) mass is 468 g/mol. The summed E-state index contributed by atoms with van der Waals surface area (Å²) in [7, 11) is 0. The fourth-order valence-electron chi connectivity index (χ4n) is 3.09. The average molecular weight is 469 g/mol. The zero-order valence-electron chi connectivity index (χ0n) is 15.9. The maximum Gasteiger partial charge on any atom is 0.337 e. The highest BCUT2D eigenvalue weighted by Crippen LogP contribution is 2.33. The number of para-hydroxylation sites is 1. The third kappa shape index (κ3) is 4.23. The minimum Gasteiger partial charge on any atom is -0.478 e. The molecule has 2 heterocycles. The van der Waals surface area contributed by atoms with Gasteiger partial charge in [-0.15, -0.1) is 0 Å². The Labute approximate surface area is 180 Å². The summed E-state index contributed by atoms with van der Waals surface area (Å²) in [4.78, 5) is 39.3. The number of carboxylic acids is 2. The lowest BCUT2D eigenvalue weighted by molar-refractivity contribution is -0.116. The van der Waals surface area contributed by atoms with Crippen molar-refractivity contribution in [3.05, 3.63) is 87.7 Å². The maximum absolute atomic E-state index is 11.9. The van der Waals surface area contributed by atoms with Crippen LogP contribution in [0.5, 0.6) is 0 Å². The van der Waals surface area contributed by atoms with E-state index in [4.69, 9.17) is 10.2 Å². The van der Waals surface area contributed by atoms with Gasteiger partial charge < -0.3 is 10.2 Å². The van der Waals surface area contributed by atoms with Crippen LogP contribution in [0.3, 0.4) is 0 Å². The van der Waals surface area contributed by atoms with Crippen molar-refractivity contribution < 1.29 is 24.6 Å². The first-order valence-corrected chi connectivity index (χ1v) is 9.68. The number of hydrogen-bond donors (Lipinski definition) is 2. The molecule has 152 valence electrons. The molecule has 4 rings (SSSR count). The van der Waals surface area contributed by atoms with Gasteiger partial charge in [-0.2, -0.15) is 0 Å². The van der Waals surface area contributed by atoms with E-state index in [9.17, 15) is 14.4 Å². The predicted molar refractivity (Wildman–Crippen MR) is 114 cm³/mol. The molecule has 0 spiro atoms. The molecule has 7 nitrogen and oxygen atoms in total. The topological polar surface area (TPSA) is 108 Å². The van der Waals surface area contributed by atoms with Crippen molar-refractivity contribution in [1.29, 1.82) is 0 Å². The van der Waals surface area contributed by atoms with E-state index in [0.717, 1.165) is 17.1 Å². The average Bonchev–Trinajstić information content (AvgIpc) is 3.04. The Morgan fingerprint density at radius 1 is 1.00 bits per heavy atom. The van der Waals surface area contributed by atoms with E-state index in [0.29, 0.717) is 12.0 Å². The molecule has 0 unspecified atom stereocenters. The largest absolute Gasteiger partial charge is 0.478 e. The number of aromatic nitrogens is 1. The number of benzene rings is 2. The highest BCUT2D eigenvalue weighted by molar-refractivity contribution is 9.10. The number of amides is 1. The first-order valence-electron chi connectivity index (χ1n) is 8.89. The molecule has 0 aliphatic carbocycles. The summed E-state index contributed by atoms with van der Waals surface area (Å²) in [5.74, 6) is -2.21. The first kappa shape index (κ1) is 21.2. The van der Waals surface area contributed by atoms with E-state index in [2.05, 4.69) is 20.9 Å². The molecule has 1 aliphatic heterocycles. The van der Waals surface area contributed by atoms with Gasteiger partial charge in [0.15, 0.2) is 0 Å². The summed E-state index contributed by atoms with van der Waals surface area (Å²) < 4.78 is 0.109. The fourth-order valence-corrected chi connectivity index (χ4v) is 3.87. The van der Waals surface area contributed by atoms with Crippen LogP contribution in [0.4, 0.5) is 11.4 Å². The molecule has 0 radical (unpaired) electrons. The van der Waals surface area contributed by atoms with E-state index in [1.807, 2.05) is 42.5 Å². The quantitative estimate of drug-likeness (QED) is 0.587. The Hall–Kier alpha value is -3.52. The molecule has 0 saturated heterocycles. The number of rotatable bonds is 3. The number of hydrogen-bond acceptors (Lipinski definition) is 4. The summed E-state index contributed by atoms with van der Waals surface area (Å²) in [5.41, 5.74) is 3.13. The first-order chi connectivity index (χ1) is 14.3. The van der Waals surface area contributed by atoms with E-state index in [1.54, 1.807) is 18.0 Å². The number of pyridine rings is 1. The third-order valence-corrected chi connectivity index (χ3v) is 5.31. The number of aryl methyl sites for hydroxylation is 1. The summed E-state index contributed by atoms with van der Waals surface area (Å²) in [6.45, 7) is 1.61. The van der Waals surface area contributed by atoms with Crippen molar-refractivity contribution in [2.24, 2.45) is 0 Å². The molecule has 0 fully saturated rings. The van der Waals surface area contributed by atoms with Gasteiger partial charge in [-0.1, -0.05) is 24.3 Å². The van der Waals surface area contributed by atoms with Gasteiger partial charge in [0, 0.05) is 16.4 Å². The van der Waals surface area contributed by atoms with Gasteiger partial charge in [-0.25, -0.2) is 9.59 Å². The molecular formula is C22H17BrN2O5. The molecule has 2 N–H and O–H groups in total. The third-order valence-electron chi connectivity index (χ3n) is 4.48. The minimum atomic E-state index is -1.15. The summed E-state index contributed by atoms with van der Waals surface area (Å²) in [5, 5.41) is 17.6. The molecule has 0 atom stereocenters. The normalized spacial score (nSPS) is 12.1. The second kappa shape index (κ2) is 8.87. The highest BCUT2D eigenvalue weighted by Gasteiger charge is 2.28. The number of carboxylic acid groups (broad SMARTS) is 2. The van der Waals surface area contributed by atoms with Gasteiger partial charge in [0.05, 0.1) is 28.9 Å². The molecule has 3 aromatic rings. The van der Waals surface area contributed by atoms with Crippen molar-refractivity contribution in [3.8, 4) is 0 Å². The number of nitrogens with zero attached hydrogens (tertiary/aromatic N) is 2. The van der Waals surface area contributed by atoms with E-state index in [1.165, 1.54) is 12.1 Å². The van der Waals surface area contributed by atoms with Crippen LogP contribution in [0.2, 0.25) is 0 Å². The molecule has 1 aliphatic rings. The Bertz CT molecular complexity index is 1130. The van der Waals surface area contributed by atoms with Gasteiger partial charge in [0.25, 0.3) is 0 Å². The van der Waals surface area contributed by atoms with Crippen LogP contribution in [0, 0.1) is 6.92 Å². The van der Waals surface area contributed by atoms with E-state index in [-0.39, 0.29) is 21.5 Å². The van der Waals surface area contributed by atoms with Crippen molar-refractivity contribution in [2.45, 2.75) is 13.3 Å². The summed E-state index contributed by atoms with van der Waals surface area (Å²) in [6, 6.07) is 16.3. The smallest absolute Gasteiger partial charge is 0.337 e. The van der Waals surface area contributed by atoms with Gasteiger partial charge in [0.1, 0.15) is 0 Å². The molecule has 30 heavy (non-hydrogen) atoms. The second-order valence-electron chi connectivity index (χ2n) is 6.44. The maximum atomic E-state index is 11.9. The lowest BCUT2D eigenvalue weighted by atomic mass is 10.1. The minimum absolute atomic E-state index is 0.00935. The Kier molecular flexibility index (Phi) is 6.27. The molecule has 0 bridgehead atoms. The van der Waals surface area contributed by atoms with E-state index >= 15 is 0 Å². The molecular weight excluding hydrogens is 452 g/mol.